The maximum atomic E-state index is 13.6. The van der Waals surface area contributed by atoms with Crippen molar-refractivity contribution in [3.63, 3.8) is 0 Å². The number of carbonyl (C=O) groups excluding carboxylic acids is 2. The molecule has 2 aromatic rings. The van der Waals surface area contributed by atoms with Crippen molar-refractivity contribution in [2.45, 2.75) is 50.7 Å². The van der Waals surface area contributed by atoms with Gasteiger partial charge in [0.1, 0.15) is 0 Å². The van der Waals surface area contributed by atoms with Crippen LogP contribution in [0.1, 0.15) is 32.8 Å². The highest BCUT2D eigenvalue weighted by Gasteiger charge is 2.32. The van der Waals surface area contributed by atoms with E-state index in [1.807, 2.05) is 44.2 Å². The van der Waals surface area contributed by atoms with Crippen LogP contribution < -0.4 is 14.8 Å². The zero-order chi connectivity index (χ0) is 27.0. The Bertz CT molecular complexity index is 1170. The number of sulfonamides is 1. The van der Waals surface area contributed by atoms with E-state index in [1.54, 1.807) is 6.07 Å². The fourth-order valence-electron chi connectivity index (χ4n) is 3.92. The number of nitrogens with one attached hydrogen (secondary N) is 1. The number of hydrogen-bond acceptors (Lipinski definition) is 8. The standard InChI is InChI=1S/C26H34N2O7S2/c1-18(2)15-28(37(32,33)21-9-10-24-25(14-21)35-17-34-24)16-23(30)22(13-20-7-5-4-6-8-20)27-26(31)11-12-36-19(3)29/h4-10,14,18,22-23,30H,11-13,15-17H2,1-3H3,(H,27,31)/t22-,23+/m0/s1. The van der Waals surface area contributed by atoms with Crippen LogP contribution in [0.2, 0.25) is 0 Å². The summed E-state index contributed by atoms with van der Waals surface area (Å²) in [4.78, 5) is 23.8. The molecule has 11 heteroatoms. The molecule has 3 rings (SSSR count). The smallest absolute Gasteiger partial charge is 0.243 e. The minimum Gasteiger partial charge on any atom is -0.454 e. The lowest BCUT2D eigenvalue weighted by Crippen LogP contribution is -2.51. The van der Waals surface area contributed by atoms with Gasteiger partial charge >= 0.3 is 0 Å². The number of ether oxygens (including phenoxy) is 2. The molecule has 0 fully saturated rings. The van der Waals surface area contributed by atoms with Crippen molar-refractivity contribution in [2.75, 3.05) is 25.6 Å². The number of amides is 1. The number of rotatable bonds is 13. The molecule has 9 nitrogen and oxygen atoms in total. The van der Waals surface area contributed by atoms with Crippen LogP contribution >= 0.6 is 11.8 Å². The Morgan fingerprint density at radius 3 is 2.46 bits per heavy atom. The molecule has 0 unspecified atom stereocenters. The van der Waals surface area contributed by atoms with E-state index < -0.39 is 22.2 Å². The Labute approximate surface area is 222 Å². The molecule has 37 heavy (non-hydrogen) atoms. The first-order chi connectivity index (χ1) is 17.6. The lowest BCUT2D eigenvalue weighted by atomic mass is 10.0. The summed E-state index contributed by atoms with van der Waals surface area (Å²) >= 11 is 1.06. The molecule has 2 N–H and O–H groups in total. The first kappa shape index (κ1) is 29.0. The van der Waals surface area contributed by atoms with Gasteiger partial charge in [0.2, 0.25) is 22.7 Å². The third-order valence-electron chi connectivity index (χ3n) is 5.69. The second-order valence-electron chi connectivity index (χ2n) is 9.25. The van der Waals surface area contributed by atoms with E-state index in [4.69, 9.17) is 9.47 Å². The van der Waals surface area contributed by atoms with Crippen molar-refractivity contribution in [1.82, 2.24) is 9.62 Å². The molecular weight excluding hydrogens is 516 g/mol. The molecule has 1 amide bonds. The second kappa shape index (κ2) is 13.3. The first-order valence-corrected chi connectivity index (χ1v) is 14.5. The van der Waals surface area contributed by atoms with Crippen molar-refractivity contribution < 1.29 is 32.6 Å². The monoisotopic (exact) mass is 550 g/mol. The minimum absolute atomic E-state index is 0.0123. The SMILES string of the molecule is CC(=O)SCCC(=O)N[C@@H](Cc1ccccc1)[C@H](O)CN(CC(C)C)S(=O)(=O)c1ccc2c(c1)OCO2. The van der Waals surface area contributed by atoms with Crippen molar-refractivity contribution in [2.24, 2.45) is 5.92 Å². The van der Waals surface area contributed by atoms with Crippen LogP contribution in [0.15, 0.2) is 53.4 Å². The summed E-state index contributed by atoms with van der Waals surface area (Å²) in [6.07, 6.45) is -0.771. The van der Waals surface area contributed by atoms with E-state index in [9.17, 15) is 23.1 Å². The maximum absolute atomic E-state index is 13.6. The maximum Gasteiger partial charge on any atom is 0.243 e. The molecule has 1 aliphatic heterocycles. The molecule has 2 atom stereocenters. The van der Waals surface area contributed by atoms with Gasteiger partial charge in [0.15, 0.2) is 16.6 Å². The summed E-state index contributed by atoms with van der Waals surface area (Å²) in [5.74, 6) is 0.823. The van der Waals surface area contributed by atoms with Crippen LogP contribution in [0.3, 0.4) is 0 Å². The van der Waals surface area contributed by atoms with Gasteiger partial charge in [0, 0.05) is 38.3 Å². The van der Waals surface area contributed by atoms with Crippen molar-refractivity contribution in [1.29, 1.82) is 0 Å². The van der Waals surface area contributed by atoms with Gasteiger partial charge in [0.25, 0.3) is 0 Å². The zero-order valence-electron chi connectivity index (χ0n) is 21.3. The lowest BCUT2D eigenvalue weighted by Gasteiger charge is -2.30. The Hall–Kier alpha value is -2.60. The second-order valence-corrected chi connectivity index (χ2v) is 12.5. The van der Waals surface area contributed by atoms with Gasteiger partial charge < -0.3 is 19.9 Å². The molecule has 0 saturated heterocycles. The van der Waals surface area contributed by atoms with Crippen LogP contribution in [0.5, 0.6) is 11.5 Å². The normalized spacial score (nSPS) is 14.5. The lowest BCUT2D eigenvalue weighted by molar-refractivity contribution is -0.122. The average Bonchev–Trinajstić information content (AvgIpc) is 3.31. The predicted molar refractivity (Wildman–Crippen MR) is 142 cm³/mol. The van der Waals surface area contributed by atoms with E-state index in [0.29, 0.717) is 23.7 Å². The van der Waals surface area contributed by atoms with Gasteiger partial charge in [-0.2, -0.15) is 4.31 Å². The summed E-state index contributed by atoms with van der Waals surface area (Å²) < 4.78 is 39.1. The van der Waals surface area contributed by atoms with Crippen molar-refractivity contribution in [3.8, 4) is 11.5 Å². The van der Waals surface area contributed by atoms with Gasteiger partial charge in [0.05, 0.1) is 17.0 Å². The first-order valence-electron chi connectivity index (χ1n) is 12.1. The van der Waals surface area contributed by atoms with E-state index in [-0.39, 0.29) is 48.1 Å². The quantitative estimate of drug-likeness (QED) is 0.391. The summed E-state index contributed by atoms with van der Waals surface area (Å²) in [6.45, 7) is 5.21. The Morgan fingerprint density at radius 2 is 1.78 bits per heavy atom. The van der Waals surface area contributed by atoms with Gasteiger partial charge in [-0.05, 0) is 30.0 Å². The molecule has 0 aliphatic carbocycles. The third kappa shape index (κ3) is 8.46. The Balaban J connectivity index is 1.81. The van der Waals surface area contributed by atoms with E-state index in [2.05, 4.69) is 5.32 Å². The number of fused-ring (bicyclic) bond motifs is 1. The third-order valence-corrected chi connectivity index (χ3v) is 8.33. The topological polar surface area (TPSA) is 122 Å². The van der Waals surface area contributed by atoms with E-state index in [1.165, 1.54) is 23.4 Å². The highest BCUT2D eigenvalue weighted by molar-refractivity contribution is 8.13. The van der Waals surface area contributed by atoms with Crippen LogP contribution in [0.25, 0.3) is 0 Å². The van der Waals surface area contributed by atoms with Crippen LogP contribution in [-0.2, 0) is 26.0 Å². The summed E-state index contributed by atoms with van der Waals surface area (Å²) in [7, 11) is -3.99. The number of nitrogens with zero attached hydrogens (tertiary/aromatic N) is 1. The van der Waals surface area contributed by atoms with Crippen LogP contribution in [0.4, 0.5) is 0 Å². The van der Waals surface area contributed by atoms with Crippen molar-refractivity contribution >= 4 is 32.8 Å². The highest BCUT2D eigenvalue weighted by Crippen LogP contribution is 2.34. The van der Waals surface area contributed by atoms with Gasteiger partial charge in [-0.15, -0.1) is 0 Å². The number of hydrogen-bond donors (Lipinski definition) is 2. The molecule has 202 valence electrons. The number of aliphatic hydroxyl groups excluding tert-OH is 1. The van der Waals surface area contributed by atoms with Gasteiger partial charge in [-0.1, -0.05) is 55.9 Å². The highest BCUT2D eigenvalue weighted by atomic mass is 32.2. The predicted octanol–water partition coefficient (Wildman–Crippen LogP) is 2.82. The number of benzene rings is 2. The number of thioether (sulfide) groups is 1. The fraction of sp³-hybridized carbons (Fsp3) is 0.462. The fourth-order valence-corrected chi connectivity index (χ4v) is 6.13. The average molecular weight is 551 g/mol. The Kier molecular flexibility index (Phi) is 10.4. The number of carbonyl (C=O) groups is 2. The summed E-state index contributed by atoms with van der Waals surface area (Å²) in [5.41, 5.74) is 0.888. The number of aliphatic hydroxyl groups is 1. The molecule has 0 saturated carbocycles. The summed E-state index contributed by atoms with van der Waals surface area (Å²) in [5, 5.41) is 14.0. The van der Waals surface area contributed by atoms with E-state index >= 15 is 0 Å². The molecule has 1 heterocycles. The molecule has 0 bridgehead atoms. The Morgan fingerprint density at radius 1 is 1.08 bits per heavy atom. The minimum atomic E-state index is -3.99. The molecular formula is C26H34N2O7S2. The van der Waals surface area contributed by atoms with E-state index in [0.717, 1.165) is 17.3 Å². The molecule has 2 aromatic carbocycles. The molecule has 0 radical (unpaired) electrons. The van der Waals surface area contributed by atoms with Crippen LogP contribution in [-0.4, -0.2) is 66.6 Å². The van der Waals surface area contributed by atoms with Gasteiger partial charge in [-0.25, -0.2) is 8.42 Å². The summed E-state index contributed by atoms with van der Waals surface area (Å²) in [6, 6.07) is 13.0. The molecule has 1 aliphatic rings. The van der Waals surface area contributed by atoms with Crippen LogP contribution in [0, 0.1) is 5.92 Å². The van der Waals surface area contributed by atoms with Crippen molar-refractivity contribution in [3.05, 3.63) is 54.1 Å². The van der Waals surface area contributed by atoms with Gasteiger partial charge in [-0.3, -0.25) is 9.59 Å². The molecule has 0 aromatic heterocycles. The molecule has 0 spiro atoms. The zero-order valence-corrected chi connectivity index (χ0v) is 22.9. The largest absolute Gasteiger partial charge is 0.454 e.